The molecule has 3 nitrogen and oxygen atoms in total. The lowest BCUT2D eigenvalue weighted by atomic mass is 10.0. The van der Waals surface area contributed by atoms with Crippen molar-refractivity contribution in [2.24, 2.45) is 0 Å². The SMILES string of the molecule is Clc1ccc(-c2cc(Cl)ccc2Nc2ccn[nH]2)cc1. The Morgan fingerprint density at radius 3 is 2.35 bits per heavy atom. The lowest BCUT2D eigenvalue weighted by Crippen LogP contribution is -1.93. The van der Waals surface area contributed by atoms with Crippen LogP contribution in [0.1, 0.15) is 0 Å². The second-order valence-corrected chi connectivity index (χ2v) is 5.16. The molecule has 0 atom stereocenters. The molecule has 0 saturated carbocycles. The molecule has 20 heavy (non-hydrogen) atoms. The van der Waals surface area contributed by atoms with Crippen LogP contribution in [-0.2, 0) is 0 Å². The van der Waals surface area contributed by atoms with Crippen LogP contribution in [0.25, 0.3) is 11.1 Å². The number of nitrogens with zero attached hydrogens (tertiary/aromatic N) is 1. The quantitative estimate of drug-likeness (QED) is 0.704. The molecule has 0 saturated heterocycles. The Kier molecular flexibility index (Phi) is 3.63. The van der Waals surface area contributed by atoms with E-state index in [0.29, 0.717) is 10.0 Å². The number of hydrogen-bond acceptors (Lipinski definition) is 2. The third kappa shape index (κ3) is 2.79. The third-order valence-corrected chi connectivity index (χ3v) is 3.39. The molecule has 0 spiro atoms. The van der Waals surface area contributed by atoms with E-state index in [4.69, 9.17) is 23.2 Å². The average molecular weight is 304 g/mol. The molecule has 1 aromatic heterocycles. The van der Waals surface area contributed by atoms with Gasteiger partial charge in [-0.05, 0) is 35.9 Å². The summed E-state index contributed by atoms with van der Waals surface area (Å²) in [5, 5.41) is 11.5. The van der Waals surface area contributed by atoms with Crippen molar-refractivity contribution in [3.8, 4) is 11.1 Å². The zero-order chi connectivity index (χ0) is 13.9. The van der Waals surface area contributed by atoms with Crippen molar-refractivity contribution in [3.05, 3.63) is 64.8 Å². The molecule has 3 rings (SSSR count). The summed E-state index contributed by atoms with van der Waals surface area (Å²) in [6.45, 7) is 0. The Morgan fingerprint density at radius 2 is 1.65 bits per heavy atom. The van der Waals surface area contributed by atoms with Gasteiger partial charge in [-0.2, -0.15) is 5.10 Å². The average Bonchev–Trinajstić information content (AvgIpc) is 2.95. The molecule has 3 aromatic rings. The molecule has 0 aliphatic rings. The Morgan fingerprint density at radius 1 is 0.900 bits per heavy atom. The summed E-state index contributed by atoms with van der Waals surface area (Å²) in [6.07, 6.45) is 1.69. The van der Waals surface area contributed by atoms with Gasteiger partial charge in [0, 0.05) is 27.4 Å². The second-order valence-electron chi connectivity index (χ2n) is 4.29. The first-order valence-electron chi connectivity index (χ1n) is 6.04. The van der Waals surface area contributed by atoms with Gasteiger partial charge in [-0.25, -0.2) is 0 Å². The first kappa shape index (κ1) is 13.0. The maximum Gasteiger partial charge on any atom is 0.125 e. The van der Waals surface area contributed by atoms with Gasteiger partial charge in [0.2, 0.25) is 0 Å². The lowest BCUT2D eigenvalue weighted by Gasteiger charge is -2.11. The van der Waals surface area contributed by atoms with Crippen molar-refractivity contribution in [1.29, 1.82) is 0 Å². The number of halogens is 2. The van der Waals surface area contributed by atoms with Crippen LogP contribution < -0.4 is 5.32 Å². The molecule has 0 bridgehead atoms. The van der Waals surface area contributed by atoms with Crippen molar-refractivity contribution in [2.75, 3.05) is 5.32 Å². The van der Waals surface area contributed by atoms with E-state index in [0.717, 1.165) is 22.6 Å². The number of aromatic nitrogens is 2. The van der Waals surface area contributed by atoms with Crippen molar-refractivity contribution in [2.45, 2.75) is 0 Å². The van der Waals surface area contributed by atoms with Gasteiger partial charge in [-0.3, -0.25) is 5.10 Å². The number of nitrogens with one attached hydrogen (secondary N) is 2. The molecule has 2 aromatic carbocycles. The van der Waals surface area contributed by atoms with Gasteiger partial charge in [-0.15, -0.1) is 0 Å². The van der Waals surface area contributed by atoms with Crippen molar-refractivity contribution in [1.82, 2.24) is 10.2 Å². The minimum Gasteiger partial charge on any atom is -0.340 e. The maximum atomic E-state index is 6.11. The molecule has 0 aliphatic carbocycles. The van der Waals surface area contributed by atoms with Crippen molar-refractivity contribution < 1.29 is 0 Å². The number of hydrogen-bond donors (Lipinski definition) is 2. The van der Waals surface area contributed by atoms with E-state index in [1.807, 2.05) is 48.5 Å². The van der Waals surface area contributed by atoms with Crippen LogP contribution in [-0.4, -0.2) is 10.2 Å². The lowest BCUT2D eigenvalue weighted by molar-refractivity contribution is 1.09. The maximum absolute atomic E-state index is 6.11. The molecule has 0 radical (unpaired) electrons. The zero-order valence-corrected chi connectivity index (χ0v) is 11.9. The van der Waals surface area contributed by atoms with Gasteiger partial charge in [0.1, 0.15) is 5.82 Å². The van der Waals surface area contributed by atoms with Gasteiger partial charge in [0.05, 0.1) is 6.20 Å². The summed E-state index contributed by atoms with van der Waals surface area (Å²) in [5.74, 6) is 0.822. The van der Waals surface area contributed by atoms with Gasteiger partial charge < -0.3 is 5.32 Å². The van der Waals surface area contributed by atoms with Crippen molar-refractivity contribution >= 4 is 34.7 Å². The standard InChI is InChI=1S/C15H11Cl2N3/c16-11-3-1-10(2-4-11)13-9-12(17)5-6-14(13)19-15-7-8-18-20-15/h1-9H,(H2,18,19,20). The first-order valence-corrected chi connectivity index (χ1v) is 6.80. The van der Waals surface area contributed by atoms with E-state index in [2.05, 4.69) is 15.5 Å². The summed E-state index contributed by atoms with van der Waals surface area (Å²) < 4.78 is 0. The highest BCUT2D eigenvalue weighted by molar-refractivity contribution is 6.31. The fraction of sp³-hybridized carbons (Fsp3) is 0. The van der Waals surface area contributed by atoms with E-state index in [1.165, 1.54) is 0 Å². The van der Waals surface area contributed by atoms with Crippen LogP contribution >= 0.6 is 23.2 Å². The predicted molar refractivity (Wildman–Crippen MR) is 83.8 cm³/mol. The number of rotatable bonds is 3. The highest BCUT2D eigenvalue weighted by Gasteiger charge is 2.07. The fourth-order valence-electron chi connectivity index (χ4n) is 1.96. The van der Waals surface area contributed by atoms with Crippen LogP contribution in [0.2, 0.25) is 10.0 Å². The predicted octanol–water partition coefficient (Wildman–Crippen LogP) is 5.13. The summed E-state index contributed by atoms with van der Waals surface area (Å²) in [5.41, 5.74) is 2.99. The summed E-state index contributed by atoms with van der Waals surface area (Å²) in [7, 11) is 0. The molecular formula is C15H11Cl2N3. The van der Waals surface area contributed by atoms with Crippen LogP contribution in [0.3, 0.4) is 0 Å². The Labute approximate surface area is 126 Å². The molecule has 0 fully saturated rings. The van der Waals surface area contributed by atoms with Crippen molar-refractivity contribution in [3.63, 3.8) is 0 Å². The van der Waals surface area contributed by atoms with E-state index in [9.17, 15) is 0 Å². The largest absolute Gasteiger partial charge is 0.340 e. The highest BCUT2D eigenvalue weighted by atomic mass is 35.5. The molecule has 2 N–H and O–H groups in total. The Bertz CT molecular complexity index is 706. The van der Waals surface area contributed by atoms with Crippen LogP contribution in [0.4, 0.5) is 11.5 Å². The first-order chi connectivity index (χ1) is 9.72. The highest BCUT2D eigenvalue weighted by Crippen LogP contribution is 2.33. The fourth-order valence-corrected chi connectivity index (χ4v) is 2.26. The number of H-pyrrole nitrogens is 1. The number of aromatic amines is 1. The summed E-state index contributed by atoms with van der Waals surface area (Å²) in [6, 6.07) is 15.2. The van der Waals surface area contributed by atoms with E-state index >= 15 is 0 Å². The molecule has 0 amide bonds. The van der Waals surface area contributed by atoms with E-state index in [-0.39, 0.29) is 0 Å². The normalized spacial score (nSPS) is 10.5. The van der Waals surface area contributed by atoms with Gasteiger partial charge in [0.15, 0.2) is 0 Å². The Balaban J connectivity index is 2.04. The minimum absolute atomic E-state index is 0.685. The van der Waals surface area contributed by atoms with E-state index < -0.39 is 0 Å². The van der Waals surface area contributed by atoms with Crippen LogP contribution in [0.5, 0.6) is 0 Å². The summed E-state index contributed by atoms with van der Waals surface area (Å²) >= 11 is 12.0. The Hall–Kier alpha value is -1.97. The molecule has 5 heteroatoms. The number of anilines is 2. The molecule has 1 heterocycles. The topological polar surface area (TPSA) is 40.7 Å². The third-order valence-electron chi connectivity index (χ3n) is 2.91. The molecular weight excluding hydrogens is 293 g/mol. The van der Waals surface area contributed by atoms with Gasteiger partial charge >= 0.3 is 0 Å². The monoisotopic (exact) mass is 303 g/mol. The number of benzene rings is 2. The summed E-state index contributed by atoms with van der Waals surface area (Å²) in [4.78, 5) is 0. The molecule has 0 aliphatic heterocycles. The second kappa shape index (κ2) is 5.57. The van der Waals surface area contributed by atoms with E-state index in [1.54, 1.807) is 6.20 Å². The minimum atomic E-state index is 0.685. The van der Waals surface area contributed by atoms with Crippen LogP contribution in [0.15, 0.2) is 54.7 Å². The molecule has 100 valence electrons. The smallest absolute Gasteiger partial charge is 0.125 e. The molecule has 0 unspecified atom stereocenters. The zero-order valence-electron chi connectivity index (χ0n) is 10.4. The van der Waals surface area contributed by atoms with Gasteiger partial charge in [0.25, 0.3) is 0 Å². The van der Waals surface area contributed by atoms with Gasteiger partial charge in [-0.1, -0.05) is 35.3 Å². The van der Waals surface area contributed by atoms with Crippen LogP contribution in [0, 0.1) is 0 Å².